The summed E-state index contributed by atoms with van der Waals surface area (Å²) in [7, 11) is 1.85. The highest BCUT2D eigenvalue weighted by molar-refractivity contribution is 5.34. The fraction of sp³-hybridized carbons (Fsp3) is 0.250. The van der Waals surface area contributed by atoms with Crippen LogP contribution in [0, 0.1) is 18.3 Å². The number of aryl methyl sites for hydroxylation is 2. The van der Waals surface area contributed by atoms with Crippen LogP contribution in [0.25, 0.3) is 0 Å². The second-order valence-electron chi connectivity index (χ2n) is 3.77. The van der Waals surface area contributed by atoms with E-state index >= 15 is 0 Å². The van der Waals surface area contributed by atoms with Gasteiger partial charge in [-0.3, -0.25) is 0 Å². The van der Waals surface area contributed by atoms with Gasteiger partial charge >= 0.3 is 0 Å². The first kappa shape index (κ1) is 11.1. The normalized spacial score (nSPS) is 9.94. The summed E-state index contributed by atoms with van der Waals surface area (Å²) in [5.74, 6) is 1.49. The predicted octanol–water partition coefficient (Wildman–Crippen LogP) is 1.61. The molecule has 17 heavy (non-hydrogen) atoms. The Bertz CT molecular complexity index is 547. The number of nitriles is 1. The molecule has 5 nitrogen and oxygen atoms in total. The Balaban J connectivity index is 2.02. The maximum Gasteiger partial charge on any atom is 0.221 e. The molecule has 0 fully saturated rings. The number of aromatic nitrogens is 3. The Kier molecular flexibility index (Phi) is 3.06. The van der Waals surface area contributed by atoms with E-state index in [2.05, 4.69) is 21.5 Å². The van der Waals surface area contributed by atoms with Gasteiger partial charge in [0.2, 0.25) is 5.95 Å². The van der Waals surface area contributed by atoms with Crippen LogP contribution in [-0.4, -0.2) is 14.8 Å². The van der Waals surface area contributed by atoms with Gasteiger partial charge in [0.25, 0.3) is 0 Å². The molecule has 0 amide bonds. The highest BCUT2D eigenvalue weighted by Crippen LogP contribution is 2.07. The molecule has 0 bridgehead atoms. The van der Waals surface area contributed by atoms with Crippen LogP contribution in [0.2, 0.25) is 0 Å². The molecule has 0 saturated carbocycles. The molecular weight excluding hydrogens is 214 g/mol. The van der Waals surface area contributed by atoms with Crippen molar-refractivity contribution in [3.8, 4) is 6.07 Å². The molecular formula is C12H13N5. The van der Waals surface area contributed by atoms with Crippen LogP contribution < -0.4 is 5.32 Å². The standard InChI is InChI=1S/C12H13N5/c1-9-15-12(17(2)16-9)14-8-11-5-3-10(7-13)4-6-11/h3-6H,8H2,1-2H3,(H,14,15,16). The van der Waals surface area contributed by atoms with Crippen LogP contribution in [0.5, 0.6) is 0 Å². The van der Waals surface area contributed by atoms with Gasteiger partial charge < -0.3 is 5.32 Å². The Morgan fingerprint density at radius 3 is 2.59 bits per heavy atom. The zero-order valence-electron chi connectivity index (χ0n) is 9.81. The number of hydrogen-bond donors (Lipinski definition) is 1. The van der Waals surface area contributed by atoms with Crippen molar-refractivity contribution in [1.82, 2.24) is 14.8 Å². The van der Waals surface area contributed by atoms with Crippen LogP contribution in [0.1, 0.15) is 17.0 Å². The molecule has 0 saturated heterocycles. The molecule has 0 aliphatic rings. The fourth-order valence-electron chi connectivity index (χ4n) is 1.54. The highest BCUT2D eigenvalue weighted by Gasteiger charge is 2.02. The summed E-state index contributed by atoms with van der Waals surface area (Å²) >= 11 is 0. The number of benzene rings is 1. The summed E-state index contributed by atoms with van der Waals surface area (Å²) in [5.41, 5.74) is 1.77. The Hall–Kier alpha value is -2.35. The predicted molar refractivity (Wildman–Crippen MR) is 64.2 cm³/mol. The fourth-order valence-corrected chi connectivity index (χ4v) is 1.54. The molecule has 0 spiro atoms. The third-order valence-electron chi connectivity index (χ3n) is 2.40. The third-order valence-corrected chi connectivity index (χ3v) is 2.40. The minimum absolute atomic E-state index is 0.664. The number of rotatable bonds is 3. The first-order valence-electron chi connectivity index (χ1n) is 5.29. The summed E-state index contributed by atoms with van der Waals surface area (Å²) in [6.45, 7) is 2.52. The molecule has 0 aliphatic heterocycles. The van der Waals surface area contributed by atoms with Gasteiger partial charge in [-0.05, 0) is 24.6 Å². The zero-order chi connectivity index (χ0) is 12.3. The molecule has 0 unspecified atom stereocenters. The van der Waals surface area contributed by atoms with Gasteiger partial charge in [0.05, 0.1) is 11.6 Å². The van der Waals surface area contributed by atoms with E-state index in [0.29, 0.717) is 12.1 Å². The number of hydrogen-bond acceptors (Lipinski definition) is 4. The Morgan fingerprint density at radius 2 is 2.06 bits per heavy atom. The highest BCUT2D eigenvalue weighted by atomic mass is 15.4. The molecule has 0 atom stereocenters. The number of anilines is 1. The lowest BCUT2D eigenvalue weighted by Crippen LogP contribution is -2.05. The van der Waals surface area contributed by atoms with Crippen molar-refractivity contribution >= 4 is 5.95 Å². The topological polar surface area (TPSA) is 66.5 Å². The van der Waals surface area contributed by atoms with Gasteiger partial charge in [-0.15, -0.1) is 0 Å². The summed E-state index contributed by atoms with van der Waals surface area (Å²) in [6, 6.07) is 9.55. The van der Waals surface area contributed by atoms with Crippen LogP contribution in [0.3, 0.4) is 0 Å². The average Bonchev–Trinajstić information content (AvgIpc) is 2.66. The molecule has 1 aromatic heterocycles. The molecule has 2 aromatic rings. The van der Waals surface area contributed by atoms with Crippen LogP contribution in [0.15, 0.2) is 24.3 Å². The third kappa shape index (κ3) is 2.61. The van der Waals surface area contributed by atoms with Gasteiger partial charge in [-0.2, -0.15) is 15.3 Å². The molecule has 0 radical (unpaired) electrons. The van der Waals surface area contributed by atoms with Crippen molar-refractivity contribution in [2.45, 2.75) is 13.5 Å². The molecule has 0 aliphatic carbocycles. The van der Waals surface area contributed by atoms with E-state index in [1.807, 2.05) is 26.1 Å². The maximum atomic E-state index is 8.69. The van der Waals surface area contributed by atoms with E-state index < -0.39 is 0 Å². The Morgan fingerprint density at radius 1 is 1.35 bits per heavy atom. The minimum atomic E-state index is 0.664. The quantitative estimate of drug-likeness (QED) is 0.865. The van der Waals surface area contributed by atoms with Crippen LogP contribution in [0.4, 0.5) is 5.95 Å². The van der Waals surface area contributed by atoms with Crippen molar-refractivity contribution in [3.63, 3.8) is 0 Å². The Labute approximate surface area is 99.7 Å². The van der Waals surface area contributed by atoms with Gasteiger partial charge in [0.1, 0.15) is 5.82 Å². The number of nitrogens with zero attached hydrogens (tertiary/aromatic N) is 4. The largest absolute Gasteiger partial charge is 0.350 e. The average molecular weight is 227 g/mol. The SMILES string of the molecule is Cc1nc(NCc2ccc(C#N)cc2)n(C)n1. The van der Waals surface area contributed by atoms with Crippen molar-refractivity contribution < 1.29 is 0 Å². The second-order valence-corrected chi connectivity index (χ2v) is 3.77. The second kappa shape index (κ2) is 4.66. The van der Waals surface area contributed by atoms with Crippen molar-refractivity contribution in [1.29, 1.82) is 5.26 Å². The van der Waals surface area contributed by atoms with Crippen LogP contribution in [-0.2, 0) is 13.6 Å². The van der Waals surface area contributed by atoms with Gasteiger partial charge in [0.15, 0.2) is 0 Å². The summed E-state index contributed by atoms with van der Waals surface area (Å²) < 4.78 is 1.71. The maximum absolute atomic E-state index is 8.69. The lowest BCUT2D eigenvalue weighted by molar-refractivity contribution is 0.757. The molecule has 2 rings (SSSR count). The van der Waals surface area contributed by atoms with E-state index in [1.165, 1.54) is 0 Å². The van der Waals surface area contributed by atoms with E-state index in [0.717, 1.165) is 17.3 Å². The summed E-state index contributed by atoms with van der Waals surface area (Å²) in [4.78, 5) is 4.25. The molecule has 5 heteroatoms. The van der Waals surface area contributed by atoms with E-state index in [9.17, 15) is 0 Å². The first-order chi connectivity index (χ1) is 8.19. The van der Waals surface area contributed by atoms with E-state index in [1.54, 1.807) is 16.8 Å². The monoisotopic (exact) mass is 227 g/mol. The molecule has 1 heterocycles. The van der Waals surface area contributed by atoms with Crippen molar-refractivity contribution in [2.75, 3.05) is 5.32 Å². The van der Waals surface area contributed by atoms with Crippen molar-refractivity contribution in [3.05, 3.63) is 41.2 Å². The van der Waals surface area contributed by atoms with Crippen molar-refractivity contribution in [2.24, 2.45) is 7.05 Å². The lowest BCUT2D eigenvalue weighted by atomic mass is 10.1. The minimum Gasteiger partial charge on any atom is -0.350 e. The van der Waals surface area contributed by atoms with Gasteiger partial charge in [0, 0.05) is 13.6 Å². The van der Waals surface area contributed by atoms with E-state index in [4.69, 9.17) is 5.26 Å². The molecule has 1 N–H and O–H groups in total. The lowest BCUT2D eigenvalue weighted by Gasteiger charge is -2.04. The smallest absolute Gasteiger partial charge is 0.221 e. The molecule has 86 valence electrons. The van der Waals surface area contributed by atoms with Gasteiger partial charge in [-0.25, -0.2) is 4.68 Å². The summed E-state index contributed by atoms with van der Waals surface area (Å²) in [6.07, 6.45) is 0. The zero-order valence-corrected chi connectivity index (χ0v) is 9.81. The first-order valence-corrected chi connectivity index (χ1v) is 5.29. The number of nitrogens with one attached hydrogen (secondary N) is 1. The van der Waals surface area contributed by atoms with E-state index in [-0.39, 0.29) is 0 Å². The van der Waals surface area contributed by atoms with Gasteiger partial charge in [-0.1, -0.05) is 12.1 Å². The summed E-state index contributed by atoms with van der Waals surface area (Å²) in [5, 5.41) is 16.0. The molecule has 1 aromatic carbocycles. The van der Waals surface area contributed by atoms with Crippen LogP contribution >= 0.6 is 0 Å².